The lowest BCUT2D eigenvalue weighted by molar-refractivity contribution is 0.0717. The molecule has 0 saturated carbocycles. The Kier molecular flexibility index (Phi) is 1.89. The van der Waals surface area contributed by atoms with E-state index in [1.165, 1.54) is 0 Å². The van der Waals surface area contributed by atoms with Crippen LogP contribution in [0.1, 0.15) is 0 Å². The molecule has 1 atom stereocenters. The van der Waals surface area contributed by atoms with Gasteiger partial charge < -0.3 is 9.47 Å². The van der Waals surface area contributed by atoms with Gasteiger partial charge in [0.25, 0.3) is 0 Å². The molecule has 1 aliphatic rings. The van der Waals surface area contributed by atoms with Crippen molar-refractivity contribution in [3.05, 3.63) is 0 Å². The van der Waals surface area contributed by atoms with Gasteiger partial charge in [0.2, 0.25) is 0 Å². The maximum absolute atomic E-state index is 10.3. The van der Waals surface area contributed by atoms with E-state index < -0.39 is 6.09 Å². The zero-order valence-corrected chi connectivity index (χ0v) is 5.16. The summed E-state index contributed by atoms with van der Waals surface area (Å²) in [4.78, 5) is 10.3. The molecule has 0 aliphatic carbocycles. The Hall–Kier alpha value is -0.770. The number of amides is 1. The first-order valence-electron chi connectivity index (χ1n) is 2.70. The van der Waals surface area contributed by atoms with Crippen LogP contribution in [0.4, 0.5) is 4.79 Å². The van der Waals surface area contributed by atoms with Crippen LogP contribution in [-0.2, 0) is 9.47 Å². The molecular formula is C5H8NO3. The molecule has 1 fully saturated rings. The van der Waals surface area contributed by atoms with Gasteiger partial charge in [-0.3, -0.25) is 0 Å². The van der Waals surface area contributed by atoms with Crippen molar-refractivity contribution in [3.8, 4) is 0 Å². The third-order valence-electron chi connectivity index (χ3n) is 1.04. The molecule has 1 aliphatic heterocycles. The van der Waals surface area contributed by atoms with Gasteiger partial charge in [-0.15, -0.1) is 0 Å². The second-order valence-corrected chi connectivity index (χ2v) is 1.80. The fourth-order valence-electron chi connectivity index (χ4n) is 0.666. The Bertz CT molecular complexity index is 115. The molecular weight excluding hydrogens is 122 g/mol. The minimum absolute atomic E-state index is 0.150. The maximum atomic E-state index is 10.3. The molecule has 1 unspecified atom stereocenters. The maximum Gasteiger partial charge on any atom is 0.429 e. The number of carbonyl (C=O) groups is 1. The molecule has 4 nitrogen and oxygen atoms in total. The number of nitrogens with zero attached hydrogens (tertiary/aromatic N) is 1. The van der Waals surface area contributed by atoms with E-state index in [1.54, 1.807) is 7.11 Å². The molecule has 1 heterocycles. The number of hydrogen-bond donors (Lipinski definition) is 0. The second kappa shape index (κ2) is 2.68. The molecule has 51 valence electrons. The summed E-state index contributed by atoms with van der Waals surface area (Å²) >= 11 is 0. The van der Waals surface area contributed by atoms with Crippen molar-refractivity contribution in [2.45, 2.75) is 6.10 Å². The Labute approximate surface area is 53.1 Å². The summed E-state index contributed by atoms with van der Waals surface area (Å²) in [5, 5.41) is 3.50. The average molecular weight is 130 g/mol. The zero-order valence-electron chi connectivity index (χ0n) is 5.16. The van der Waals surface area contributed by atoms with Crippen LogP contribution in [0.25, 0.3) is 0 Å². The van der Waals surface area contributed by atoms with Crippen LogP contribution in [0.2, 0.25) is 0 Å². The highest BCUT2D eigenvalue weighted by Crippen LogP contribution is 2.00. The van der Waals surface area contributed by atoms with E-state index in [0.717, 1.165) is 0 Å². The molecule has 0 N–H and O–H groups in total. The molecule has 1 saturated heterocycles. The number of rotatable bonds is 2. The van der Waals surface area contributed by atoms with Gasteiger partial charge in [0, 0.05) is 7.11 Å². The van der Waals surface area contributed by atoms with Gasteiger partial charge >= 0.3 is 6.09 Å². The SMILES string of the molecule is COCC1C[N]C(=O)O1. The smallest absolute Gasteiger partial charge is 0.429 e. The first kappa shape index (κ1) is 6.35. The molecule has 1 rings (SSSR count). The van der Waals surface area contributed by atoms with E-state index >= 15 is 0 Å². The molecule has 4 heteroatoms. The monoisotopic (exact) mass is 130 g/mol. The summed E-state index contributed by atoms with van der Waals surface area (Å²) in [6.07, 6.45) is -0.625. The normalized spacial score (nSPS) is 25.4. The molecule has 0 aromatic carbocycles. The summed E-state index contributed by atoms with van der Waals surface area (Å²) in [5.74, 6) is 0. The Morgan fingerprint density at radius 3 is 3.22 bits per heavy atom. The Morgan fingerprint density at radius 1 is 2.00 bits per heavy atom. The minimum atomic E-state index is -0.475. The van der Waals surface area contributed by atoms with Gasteiger partial charge in [-0.1, -0.05) is 0 Å². The van der Waals surface area contributed by atoms with Gasteiger partial charge in [-0.2, -0.15) is 0 Å². The third-order valence-corrected chi connectivity index (χ3v) is 1.04. The molecule has 1 amide bonds. The zero-order chi connectivity index (χ0) is 6.69. The molecule has 0 aromatic heterocycles. The summed E-state index contributed by atoms with van der Waals surface area (Å²) < 4.78 is 9.41. The number of cyclic esters (lactones) is 1. The fraction of sp³-hybridized carbons (Fsp3) is 0.800. The lowest BCUT2D eigenvalue weighted by Gasteiger charge is -2.02. The predicted octanol–water partition coefficient (Wildman–Crippen LogP) is -0.244. The van der Waals surface area contributed by atoms with Crippen LogP contribution in [0.5, 0.6) is 0 Å². The highest BCUT2D eigenvalue weighted by atomic mass is 16.6. The van der Waals surface area contributed by atoms with Gasteiger partial charge in [0.15, 0.2) is 0 Å². The number of carbonyl (C=O) groups excluding carboxylic acids is 1. The van der Waals surface area contributed by atoms with Crippen molar-refractivity contribution >= 4 is 6.09 Å². The van der Waals surface area contributed by atoms with Gasteiger partial charge in [-0.05, 0) is 0 Å². The van der Waals surface area contributed by atoms with Crippen LogP contribution in [0, 0.1) is 0 Å². The number of hydrogen-bond acceptors (Lipinski definition) is 3. The van der Waals surface area contributed by atoms with Crippen LogP contribution in [-0.4, -0.2) is 32.5 Å². The first-order chi connectivity index (χ1) is 4.33. The van der Waals surface area contributed by atoms with Crippen molar-refractivity contribution in [1.82, 2.24) is 5.32 Å². The van der Waals surface area contributed by atoms with E-state index in [2.05, 4.69) is 10.1 Å². The largest absolute Gasteiger partial charge is 0.440 e. The minimum Gasteiger partial charge on any atom is -0.440 e. The molecule has 0 spiro atoms. The molecule has 0 bridgehead atoms. The van der Waals surface area contributed by atoms with Crippen molar-refractivity contribution in [2.75, 3.05) is 20.3 Å². The van der Waals surface area contributed by atoms with Crippen molar-refractivity contribution in [1.29, 1.82) is 0 Å². The lowest BCUT2D eigenvalue weighted by atomic mass is 10.4. The van der Waals surface area contributed by atoms with E-state index in [-0.39, 0.29) is 6.10 Å². The highest BCUT2D eigenvalue weighted by Gasteiger charge is 2.23. The standard InChI is InChI=1S/C5H8NO3/c1-8-3-4-2-6-5(7)9-4/h4H,2-3H2,1H3. The molecule has 0 aromatic rings. The third kappa shape index (κ3) is 1.57. The Balaban J connectivity index is 2.22. The summed E-state index contributed by atoms with van der Waals surface area (Å²) in [5.41, 5.74) is 0. The van der Waals surface area contributed by atoms with Crippen LogP contribution in [0.3, 0.4) is 0 Å². The summed E-state index contributed by atoms with van der Waals surface area (Å²) in [6, 6.07) is 0. The number of methoxy groups -OCH3 is 1. The van der Waals surface area contributed by atoms with E-state index in [4.69, 9.17) is 4.74 Å². The topological polar surface area (TPSA) is 49.6 Å². The Morgan fingerprint density at radius 2 is 2.78 bits per heavy atom. The van der Waals surface area contributed by atoms with E-state index in [1.807, 2.05) is 0 Å². The van der Waals surface area contributed by atoms with Gasteiger partial charge in [-0.25, -0.2) is 10.1 Å². The summed E-state index contributed by atoms with van der Waals surface area (Å²) in [6.45, 7) is 0.877. The van der Waals surface area contributed by atoms with Gasteiger partial charge in [0.05, 0.1) is 13.2 Å². The fourth-order valence-corrected chi connectivity index (χ4v) is 0.666. The predicted molar refractivity (Wildman–Crippen MR) is 29.1 cm³/mol. The quantitative estimate of drug-likeness (QED) is 0.518. The molecule has 1 radical (unpaired) electrons. The summed E-state index contributed by atoms with van der Waals surface area (Å²) in [7, 11) is 1.56. The van der Waals surface area contributed by atoms with Gasteiger partial charge in [0.1, 0.15) is 6.10 Å². The van der Waals surface area contributed by atoms with Crippen molar-refractivity contribution in [2.24, 2.45) is 0 Å². The van der Waals surface area contributed by atoms with Crippen LogP contribution in [0.15, 0.2) is 0 Å². The highest BCUT2D eigenvalue weighted by molar-refractivity contribution is 5.68. The van der Waals surface area contributed by atoms with Crippen molar-refractivity contribution < 1.29 is 14.3 Å². The van der Waals surface area contributed by atoms with Crippen molar-refractivity contribution in [3.63, 3.8) is 0 Å². The van der Waals surface area contributed by atoms with E-state index in [0.29, 0.717) is 13.2 Å². The average Bonchev–Trinajstić information content (AvgIpc) is 2.17. The van der Waals surface area contributed by atoms with Crippen LogP contribution >= 0.6 is 0 Å². The number of ether oxygens (including phenoxy) is 2. The van der Waals surface area contributed by atoms with E-state index in [9.17, 15) is 4.79 Å². The lowest BCUT2D eigenvalue weighted by Crippen LogP contribution is -2.17. The second-order valence-electron chi connectivity index (χ2n) is 1.80. The molecule has 9 heavy (non-hydrogen) atoms. The van der Waals surface area contributed by atoms with Crippen LogP contribution < -0.4 is 5.32 Å². The first-order valence-corrected chi connectivity index (χ1v) is 2.70.